The van der Waals surface area contributed by atoms with Crippen LogP contribution in [0.15, 0.2) is 6.07 Å². The molecular formula is C18H24N2O7. The molecule has 1 heterocycles. The van der Waals surface area contributed by atoms with E-state index in [1.165, 1.54) is 39.0 Å². The Bertz CT molecular complexity index is 740. The van der Waals surface area contributed by atoms with E-state index in [9.17, 15) is 14.4 Å². The van der Waals surface area contributed by atoms with E-state index in [-0.39, 0.29) is 17.1 Å². The van der Waals surface area contributed by atoms with E-state index < -0.39 is 12.1 Å². The number of ketones is 1. The summed E-state index contributed by atoms with van der Waals surface area (Å²) in [6, 6.07) is 1.49. The van der Waals surface area contributed by atoms with Gasteiger partial charge in [-0.3, -0.25) is 14.5 Å². The van der Waals surface area contributed by atoms with E-state index in [1.807, 2.05) is 4.90 Å². The zero-order valence-electron chi connectivity index (χ0n) is 15.9. The lowest BCUT2D eigenvalue weighted by Crippen LogP contribution is -2.47. The van der Waals surface area contributed by atoms with Crippen molar-refractivity contribution in [3.05, 3.63) is 17.2 Å². The van der Waals surface area contributed by atoms with Gasteiger partial charge in [-0.25, -0.2) is 4.79 Å². The van der Waals surface area contributed by atoms with Crippen LogP contribution in [-0.2, 0) is 11.3 Å². The van der Waals surface area contributed by atoms with Gasteiger partial charge in [0.15, 0.2) is 17.3 Å². The average Bonchev–Trinajstić information content (AvgIpc) is 2.62. The molecule has 1 aliphatic heterocycles. The van der Waals surface area contributed by atoms with E-state index in [0.717, 1.165) is 0 Å². The number of hydrogen-bond acceptors (Lipinski definition) is 7. The molecule has 0 saturated carbocycles. The molecule has 1 amide bonds. The zero-order chi connectivity index (χ0) is 20.1. The molecule has 0 aromatic heterocycles. The summed E-state index contributed by atoms with van der Waals surface area (Å²) >= 11 is 0. The number of benzene rings is 1. The summed E-state index contributed by atoms with van der Waals surface area (Å²) in [6.07, 6.45) is -0.951. The standard InChI is InChI=1S/C18H24N2O7/c1-11(21)13-9-15(25-3)17(26-4)14(16(13)27-12(2)22)10-19-5-7-20(8-6-19)18(23)24/h9H,5-8,10H2,1-4H3,(H,23,24). The molecule has 1 fully saturated rings. The van der Waals surface area contributed by atoms with E-state index in [0.29, 0.717) is 49.8 Å². The summed E-state index contributed by atoms with van der Waals surface area (Å²) < 4.78 is 16.2. The largest absolute Gasteiger partial charge is 0.493 e. The summed E-state index contributed by atoms with van der Waals surface area (Å²) in [5.74, 6) is 0.0521. The molecule has 0 unspecified atom stereocenters. The van der Waals surface area contributed by atoms with Gasteiger partial charge in [-0.1, -0.05) is 0 Å². The molecule has 0 atom stereocenters. The highest BCUT2D eigenvalue weighted by Gasteiger charge is 2.27. The second kappa shape index (κ2) is 8.72. The van der Waals surface area contributed by atoms with Gasteiger partial charge in [0.25, 0.3) is 0 Å². The van der Waals surface area contributed by atoms with Crippen molar-refractivity contribution in [1.82, 2.24) is 9.80 Å². The van der Waals surface area contributed by atoms with Crippen molar-refractivity contribution < 1.29 is 33.7 Å². The predicted octanol–water partition coefficient (Wildman–Crippen LogP) is 1.63. The Hall–Kier alpha value is -2.81. The topological polar surface area (TPSA) is 106 Å². The number of nitrogens with zero attached hydrogens (tertiary/aromatic N) is 2. The number of rotatable bonds is 6. The number of carboxylic acid groups (broad SMARTS) is 1. The molecular weight excluding hydrogens is 356 g/mol. The van der Waals surface area contributed by atoms with Crippen LogP contribution in [0.4, 0.5) is 4.79 Å². The summed E-state index contributed by atoms with van der Waals surface area (Å²) in [7, 11) is 2.93. The summed E-state index contributed by atoms with van der Waals surface area (Å²) in [5.41, 5.74) is 0.739. The fraction of sp³-hybridized carbons (Fsp3) is 0.500. The lowest BCUT2D eigenvalue weighted by atomic mass is 10.0. The van der Waals surface area contributed by atoms with Crippen molar-refractivity contribution in [2.75, 3.05) is 40.4 Å². The van der Waals surface area contributed by atoms with E-state index >= 15 is 0 Å². The molecule has 0 bridgehead atoms. The van der Waals surface area contributed by atoms with Gasteiger partial charge >= 0.3 is 12.1 Å². The Morgan fingerprint density at radius 1 is 1.04 bits per heavy atom. The quantitative estimate of drug-likeness (QED) is 0.451. The van der Waals surface area contributed by atoms with Gasteiger partial charge in [0, 0.05) is 39.6 Å². The first kappa shape index (κ1) is 20.5. The molecule has 1 saturated heterocycles. The molecule has 0 aliphatic carbocycles. The van der Waals surface area contributed by atoms with Crippen molar-refractivity contribution in [2.24, 2.45) is 0 Å². The second-order valence-electron chi connectivity index (χ2n) is 6.16. The van der Waals surface area contributed by atoms with Gasteiger partial charge in [-0.05, 0) is 13.0 Å². The van der Waals surface area contributed by atoms with Crippen LogP contribution in [-0.4, -0.2) is 73.2 Å². The predicted molar refractivity (Wildman–Crippen MR) is 95.7 cm³/mol. The third-order valence-corrected chi connectivity index (χ3v) is 4.37. The molecule has 1 aromatic rings. The highest BCUT2D eigenvalue weighted by Crippen LogP contribution is 2.41. The minimum absolute atomic E-state index is 0.147. The minimum atomic E-state index is -0.951. The van der Waals surface area contributed by atoms with Crippen LogP contribution in [0.3, 0.4) is 0 Å². The molecule has 1 aromatic carbocycles. The van der Waals surface area contributed by atoms with Crippen LogP contribution < -0.4 is 14.2 Å². The molecule has 27 heavy (non-hydrogen) atoms. The van der Waals surface area contributed by atoms with Gasteiger partial charge in [-0.15, -0.1) is 0 Å². The van der Waals surface area contributed by atoms with Crippen molar-refractivity contribution in [3.63, 3.8) is 0 Å². The van der Waals surface area contributed by atoms with Crippen LogP contribution >= 0.6 is 0 Å². The summed E-state index contributed by atoms with van der Waals surface area (Å²) in [4.78, 5) is 38.1. The Labute approximate surface area is 157 Å². The Kier molecular flexibility index (Phi) is 6.62. The van der Waals surface area contributed by atoms with Crippen molar-refractivity contribution in [3.8, 4) is 17.2 Å². The first-order chi connectivity index (χ1) is 12.8. The lowest BCUT2D eigenvalue weighted by molar-refractivity contribution is -0.132. The maximum absolute atomic E-state index is 12.1. The molecule has 9 nitrogen and oxygen atoms in total. The van der Waals surface area contributed by atoms with E-state index in [1.54, 1.807) is 0 Å². The molecule has 148 valence electrons. The van der Waals surface area contributed by atoms with Crippen LogP contribution in [0.25, 0.3) is 0 Å². The molecule has 9 heteroatoms. The minimum Gasteiger partial charge on any atom is -0.493 e. The highest BCUT2D eigenvalue weighted by molar-refractivity contribution is 5.99. The Morgan fingerprint density at radius 2 is 1.67 bits per heavy atom. The number of esters is 1. The smallest absolute Gasteiger partial charge is 0.407 e. The van der Waals surface area contributed by atoms with Gasteiger partial charge in [0.05, 0.1) is 25.3 Å². The Morgan fingerprint density at radius 3 is 2.11 bits per heavy atom. The average molecular weight is 380 g/mol. The number of hydrogen-bond donors (Lipinski definition) is 1. The van der Waals surface area contributed by atoms with Gasteiger partial charge in [0.2, 0.25) is 0 Å². The molecule has 2 rings (SSSR count). The Balaban J connectivity index is 2.45. The maximum Gasteiger partial charge on any atom is 0.407 e. The first-order valence-electron chi connectivity index (χ1n) is 8.45. The first-order valence-corrected chi connectivity index (χ1v) is 8.45. The summed E-state index contributed by atoms with van der Waals surface area (Å²) in [5, 5.41) is 9.08. The van der Waals surface area contributed by atoms with Crippen molar-refractivity contribution >= 4 is 17.8 Å². The van der Waals surface area contributed by atoms with Crippen LogP contribution in [0.2, 0.25) is 0 Å². The van der Waals surface area contributed by atoms with Crippen LogP contribution in [0.1, 0.15) is 29.8 Å². The van der Waals surface area contributed by atoms with E-state index in [2.05, 4.69) is 0 Å². The molecule has 1 aliphatic rings. The van der Waals surface area contributed by atoms with Crippen molar-refractivity contribution in [1.29, 1.82) is 0 Å². The SMILES string of the molecule is COc1cc(C(C)=O)c(OC(C)=O)c(CN2CCN(C(=O)O)CC2)c1OC. The monoisotopic (exact) mass is 380 g/mol. The number of piperazine rings is 1. The van der Waals surface area contributed by atoms with Gasteiger partial charge < -0.3 is 24.2 Å². The van der Waals surface area contributed by atoms with E-state index in [4.69, 9.17) is 19.3 Å². The fourth-order valence-electron chi connectivity index (χ4n) is 3.04. The zero-order valence-corrected chi connectivity index (χ0v) is 15.9. The lowest BCUT2D eigenvalue weighted by Gasteiger charge is -2.33. The van der Waals surface area contributed by atoms with Crippen LogP contribution in [0.5, 0.6) is 17.2 Å². The normalized spacial score (nSPS) is 14.6. The fourth-order valence-corrected chi connectivity index (χ4v) is 3.04. The molecule has 0 spiro atoms. The second-order valence-corrected chi connectivity index (χ2v) is 6.16. The maximum atomic E-state index is 12.1. The number of carbonyl (C=O) groups excluding carboxylic acids is 2. The van der Waals surface area contributed by atoms with Gasteiger partial charge in [0.1, 0.15) is 5.75 Å². The molecule has 1 N–H and O–H groups in total. The highest BCUT2D eigenvalue weighted by atomic mass is 16.5. The number of Topliss-reactive ketones (excluding diaryl/α,β-unsaturated/α-hetero) is 1. The number of methoxy groups -OCH3 is 2. The van der Waals surface area contributed by atoms with Crippen molar-refractivity contribution in [2.45, 2.75) is 20.4 Å². The third kappa shape index (κ3) is 4.68. The third-order valence-electron chi connectivity index (χ3n) is 4.37. The molecule has 0 radical (unpaired) electrons. The number of carbonyl (C=O) groups is 3. The number of amides is 1. The summed E-state index contributed by atoms with van der Waals surface area (Å²) in [6.45, 7) is 4.69. The van der Waals surface area contributed by atoms with Crippen LogP contribution in [0, 0.1) is 0 Å². The number of ether oxygens (including phenoxy) is 3. The van der Waals surface area contributed by atoms with Gasteiger partial charge in [-0.2, -0.15) is 0 Å².